The number of halogens is 2. The van der Waals surface area contributed by atoms with Crippen LogP contribution in [0, 0.1) is 11.6 Å². The van der Waals surface area contributed by atoms with Crippen LogP contribution < -0.4 is 5.32 Å². The highest BCUT2D eigenvalue weighted by Gasteiger charge is 2.04. The van der Waals surface area contributed by atoms with Crippen molar-refractivity contribution in [2.24, 2.45) is 0 Å². The molecule has 2 N–H and O–H groups in total. The van der Waals surface area contributed by atoms with Crippen molar-refractivity contribution in [2.75, 3.05) is 5.32 Å². The molecule has 2 aromatic carbocycles. The highest BCUT2D eigenvalue weighted by Crippen LogP contribution is 2.19. The second-order valence-electron chi connectivity index (χ2n) is 4.45. The van der Waals surface area contributed by atoms with Crippen molar-refractivity contribution in [2.45, 2.75) is 6.54 Å². The predicted octanol–water partition coefficient (Wildman–Crippen LogP) is 2.76. The minimum absolute atomic E-state index is 0.310. The van der Waals surface area contributed by atoms with Gasteiger partial charge in [0, 0.05) is 23.9 Å². The minimum Gasteiger partial charge on any atom is -0.381 e. The molecule has 5 nitrogen and oxygen atoms in total. The van der Waals surface area contributed by atoms with Gasteiger partial charge in [0.15, 0.2) is 0 Å². The van der Waals surface area contributed by atoms with Crippen LogP contribution in [0.2, 0.25) is 0 Å². The molecule has 0 aliphatic rings. The Hall–Kier alpha value is -2.83. The normalized spacial score (nSPS) is 10.6. The molecule has 0 aliphatic carbocycles. The summed E-state index contributed by atoms with van der Waals surface area (Å²) >= 11 is 0. The van der Waals surface area contributed by atoms with Gasteiger partial charge in [-0.05, 0) is 35.0 Å². The van der Waals surface area contributed by atoms with Crippen LogP contribution in [-0.4, -0.2) is 20.6 Å². The lowest BCUT2D eigenvalue weighted by Crippen LogP contribution is -2.00. The molecular formula is C14H11F2N5. The smallest absolute Gasteiger partial charge is 0.204 e. The molecule has 0 saturated carbocycles. The van der Waals surface area contributed by atoms with Gasteiger partial charge in [-0.3, -0.25) is 0 Å². The Morgan fingerprint density at radius 3 is 2.57 bits per heavy atom. The maximum Gasteiger partial charge on any atom is 0.204 e. The highest BCUT2D eigenvalue weighted by atomic mass is 19.1. The number of nitrogens with zero attached hydrogens (tertiary/aromatic N) is 3. The number of aromatic amines is 1. The molecule has 7 heteroatoms. The Labute approximate surface area is 119 Å². The van der Waals surface area contributed by atoms with Crippen molar-refractivity contribution in [3.8, 4) is 11.4 Å². The summed E-state index contributed by atoms with van der Waals surface area (Å²) in [6.07, 6.45) is 0. The second kappa shape index (κ2) is 5.66. The molecule has 3 rings (SSSR count). The summed E-state index contributed by atoms with van der Waals surface area (Å²) in [5.41, 5.74) is 2.11. The first kappa shape index (κ1) is 13.2. The van der Waals surface area contributed by atoms with E-state index in [0.29, 0.717) is 17.9 Å². The van der Waals surface area contributed by atoms with Crippen molar-refractivity contribution in [3.63, 3.8) is 0 Å². The molecule has 1 heterocycles. The summed E-state index contributed by atoms with van der Waals surface area (Å²) in [6, 6.07) is 10.8. The second-order valence-corrected chi connectivity index (χ2v) is 4.45. The van der Waals surface area contributed by atoms with Crippen LogP contribution in [0.5, 0.6) is 0 Å². The molecule has 0 unspecified atom stereocenters. The monoisotopic (exact) mass is 287 g/mol. The first-order chi connectivity index (χ1) is 10.2. The first-order valence-corrected chi connectivity index (χ1v) is 6.23. The van der Waals surface area contributed by atoms with Crippen LogP contribution in [0.15, 0.2) is 42.5 Å². The molecule has 0 amide bonds. The van der Waals surface area contributed by atoms with Gasteiger partial charge >= 0.3 is 0 Å². The zero-order valence-corrected chi connectivity index (χ0v) is 10.8. The van der Waals surface area contributed by atoms with E-state index in [1.54, 1.807) is 0 Å². The summed E-state index contributed by atoms with van der Waals surface area (Å²) in [7, 11) is 0. The molecule has 0 atom stereocenters. The molecule has 0 radical (unpaired) electrons. The Balaban J connectivity index is 1.75. The number of hydrogen-bond acceptors (Lipinski definition) is 4. The van der Waals surface area contributed by atoms with Gasteiger partial charge in [0.05, 0.1) is 0 Å². The third-order valence-electron chi connectivity index (χ3n) is 2.89. The van der Waals surface area contributed by atoms with Crippen LogP contribution in [0.4, 0.5) is 14.5 Å². The largest absolute Gasteiger partial charge is 0.381 e. The van der Waals surface area contributed by atoms with Crippen molar-refractivity contribution >= 4 is 5.69 Å². The Morgan fingerprint density at radius 1 is 1.05 bits per heavy atom. The van der Waals surface area contributed by atoms with Gasteiger partial charge in [-0.25, -0.2) is 8.78 Å². The van der Waals surface area contributed by atoms with E-state index in [-0.39, 0.29) is 0 Å². The van der Waals surface area contributed by atoms with E-state index in [1.165, 1.54) is 12.1 Å². The fourth-order valence-electron chi connectivity index (χ4n) is 1.97. The number of rotatable bonds is 4. The van der Waals surface area contributed by atoms with Gasteiger partial charge in [0.2, 0.25) is 5.82 Å². The molecule has 0 spiro atoms. The van der Waals surface area contributed by atoms with E-state index in [2.05, 4.69) is 25.9 Å². The molecule has 0 bridgehead atoms. The van der Waals surface area contributed by atoms with Crippen LogP contribution >= 0.6 is 0 Å². The van der Waals surface area contributed by atoms with Crippen molar-refractivity contribution in [1.82, 2.24) is 20.6 Å². The summed E-state index contributed by atoms with van der Waals surface area (Å²) < 4.78 is 26.2. The van der Waals surface area contributed by atoms with E-state index in [4.69, 9.17) is 0 Å². The maximum absolute atomic E-state index is 13.1. The van der Waals surface area contributed by atoms with E-state index < -0.39 is 11.6 Å². The Kier molecular flexibility index (Phi) is 3.55. The van der Waals surface area contributed by atoms with Gasteiger partial charge in [0.1, 0.15) is 11.6 Å². The number of aromatic nitrogens is 4. The van der Waals surface area contributed by atoms with E-state index in [0.717, 1.165) is 17.3 Å². The lowest BCUT2D eigenvalue weighted by atomic mass is 10.1. The Morgan fingerprint density at radius 2 is 1.86 bits per heavy atom. The van der Waals surface area contributed by atoms with Gasteiger partial charge in [0.25, 0.3) is 0 Å². The summed E-state index contributed by atoms with van der Waals surface area (Å²) in [4.78, 5) is 0. The average Bonchev–Trinajstić information content (AvgIpc) is 2.99. The standard InChI is InChI=1S/C14H11F2N5/c15-11-4-9(5-12(16)7-11)8-17-13-3-1-2-10(6-13)14-18-20-21-19-14/h1-7,17H,8H2,(H,18,19,20,21). The molecule has 0 aliphatic heterocycles. The molecular weight excluding hydrogens is 276 g/mol. The van der Waals surface area contributed by atoms with Crippen LogP contribution in [0.1, 0.15) is 5.56 Å². The van der Waals surface area contributed by atoms with Gasteiger partial charge in [-0.15, -0.1) is 10.2 Å². The zero-order chi connectivity index (χ0) is 14.7. The van der Waals surface area contributed by atoms with E-state index in [1.807, 2.05) is 24.3 Å². The van der Waals surface area contributed by atoms with Crippen LogP contribution in [0.3, 0.4) is 0 Å². The average molecular weight is 287 g/mol. The number of benzene rings is 2. The highest BCUT2D eigenvalue weighted by molar-refractivity contribution is 5.61. The SMILES string of the molecule is Fc1cc(F)cc(CNc2cccc(-c3nn[nH]n3)c2)c1. The Bertz CT molecular complexity index is 723. The number of tetrazole rings is 1. The van der Waals surface area contributed by atoms with Crippen LogP contribution in [-0.2, 0) is 6.54 Å². The fraction of sp³-hybridized carbons (Fsp3) is 0.0714. The minimum atomic E-state index is -0.590. The van der Waals surface area contributed by atoms with Crippen LogP contribution in [0.25, 0.3) is 11.4 Å². The molecule has 0 fully saturated rings. The van der Waals surface area contributed by atoms with Crippen molar-refractivity contribution < 1.29 is 8.78 Å². The molecule has 106 valence electrons. The summed E-state index contributed by atoms with van der Waals surface area (Å²) in [5.74, 6) is -0.699. The quantitative estimate of drug-likeness (QED) is 0.774. The third-order valence-corrected chi connectivity index (χ3v) is 2.89. The maximum atomic E-state index is 13.1. The van der Waals surface area contributed by atoms with E-state index >= 15 is 0 Å². The number of nitrogens with one attached hydrogen (secondary N) is 2. The van der Waals surface area contributed by atoms with Gasteiger partial charge < -0.3 is 5.32 Å². The molecule has 0 saturated heterocycles. The lowest BCUT2D eigenvalue weighted by molar-refractivity contribution is 0.580. The number of anilines is 1. The van der Waals surface area contributed by atoms with Gasteiger partial charge in [-0.1, -0.05) is 12.1 Å². The fourth-order valence-corrected chi connectivity index (χ4v) is 1.97. The topological polar surface area (TPSA) is 66.5 Å². The van der Waals surface area contributed by atoms with E-state index in [9.17, 15) is 8.78 Å². The number of H-pyrrole nitrogens is 1. The lowest BCUT2D eigenvalue weighted by Gasteiger charge is -2.08. The summed E-state index contributed by atoms with van der Waals surface area (Å²) in [5, 5.41) is 16.8. The van der Waals surface area contributed by atoms with Gasteiger partial charge in [-0.2, -0.15) is 5.21 Å². The predicted molar refractivity (Wildman–Crippen MR) is 73.3 cm³/mol. The molecule has 21 heavy (non-hydrogen) atoms. The van der Waals surface area contributed by atoms with Crippen molar-refractivity contribution in [1.29, 1.82) is 0 Å². The van der Waals surface area contributed by atoms with Crippen molar-refractivity contribution in [3.05, 3.63) is 59.7 Å². The number of hydrogen-bond donors (Lipinski definition) is 2. The molecule has 1 aromatic heterocycles. The zero-order valence-electron chi connectivity index (χ0n) is 10.8. The summed E-state index contributed by atoms with van der Waals surface area (Å²) in [6.45, 7) is 0.310. The molecule has 3 aromatic rings. The first-order valence-electron chi connectivity index (χ1n) is 6.23. The third kappa shape index (κ3) is 3.19.